The van der Waals surface area contributed by atoms with Crippen LogP contribution in [0.15, 0.2) is 41.3 Å². The fourth-order valence-electron chi connectivity index (χ4n) is 3.33. The molecule has 10 heteroatoms. The van der Waals surface area contributed by atoms with Gasteiger partial charge in [0.2, 0.25) is 10.0 Å². The van der Waals surface area contributed by atoms with Crippen LogP contribution in [0.1, 0.15) is 35.2 Å². The third-order valence-electron chi connectivity index (χ3n) is 5.05. The van der Waals surface area contributed by atoms with Crippen LogP contribution in [-0.2, 0) is 10.0 Å². The Morgan fingerprint density at radius 3 is 2.47 bits per heavy atom. The van der Waals surface area contributed by atoms with Gasteiger partial charge in [-0.1, -0.05) is 12.5 Å². The monoisotopic (exact) mass is 433 g/mol. The summed E-state index contributed by atoms with van der Waals surface area (Å²) in [5.74, 6) is -0.417. The number of carbonyl (C=O) groups is 1. The Labute approximate surface area is 174 Å². The lowest BCUT2D eigenvalue weighted by Gasteiger charge is -2.26. The Balaban J connectivity index is 1.95. The molecule has 0 radical (unpaired) electrons. The molecule has 1 heterocycles. The Morgan fingerprint density at radius 1 is 1.13 bits per heavy atom. The van der Waals surface area contributed by atoms with Crippen LogP contribution in [0, 0.1) is 17.0 Å². The van der Waals surface area contributed by atoms with Gasteiger partial charge in [-0.3, -0.25) is 14.9 Å². The van der Waals surface area contributed by atoms with Gasteiger partial charge in [0.25, 0.3) is 11.6 Å². The maximum Gasteiger partial charge on any atom is 0.271 e. The van der Waals surface area contributed by atoms with E-state index >= 15 is 0 Å². The largest absolute Gasteiger partial charge is 0.496 e. The number of amides is 1. The molecule has 2 aromatic carbocycles. The topological polar surface area (TPSA) is 119 Å². The molecule has 0 aliphatic carbocycles. The minimum atomic E-state index is -3.73. The molecule has 30 heavy (non-hydrogen) atoms. The number of anilines is 1. The number of nitrogens with one attached hydrogen (secondary N) is 1. The standard InChI is InChI=1S/C20H23N3O6S/c1-14-6-7-15(23(25)26)12-18(14)21-20(24)17-13-16(8-9-19(17)29-2)30(27,28)22-10-4-3-5-11-22/h6-9,12-13H,3-5,10-11H2,1-2H3,(H,21,24). The molecule has 160 valence electrons. The Kier molecular flexibility index (Phi) is 6.37. The van der Waals surface area contributed by atoms with Gasteiger partial charge in [0.05, 0.1) is 28.2 Å². The van der Waals surface area contributed by atoms with Gasteiger partial charge < -0.3 is 10.1 Å². The number of piperidine rings is 1. The normalized spacial score (nSPS) is 14.9. The lowest BCUT2D eigenvalue weighted by molar-refractivity contribution is -0.384. The highest BCUT2D eigenvalue weighted by Gasteiger charge is 2.28. The first kappa shape index (κ1) is 21.7. The quantitative estimate of drug-likeness (QED) is 0.551. The summed E-state index contributed by atoms with van der Waals surface area (Å²) in [7, 11) is -2.36. The minimum Gasteiger partial charge on any atom is -0.496 e. The molecule has 1 fully saturated rings. The van der Waals surface area contributed by atoms with Crippen molar-refractivity contribution in [2.75, 3.05) is 25.5 Å². The van der Waals surface area contributed by atoms with E-state index < -0.39 is 20.9 Å². The zero-order valence-corrected chi connectivity index (χ0v) is 17.6. The molecule has 1 aliphatic heterocycles. The summed E-state index contributed by atoms with van der Waals surface area (Å²) in [5, 5.41) is 13.7. The second-order valence-corrected chi connectivity index (χ2v) is 8.98. The third kappa shape index (κ3) is 4.44. The van der Waals surface area contributed by atoms with Crippen LogP contribution in [-0.4, -0.2) is 43.8 Å². The van der Waals surface area contributed by atoms with Crippen molar-refractivity contribution in [3.8, 4) is 5.75 Å². The maximum atomic E-state index is 13.0. The molecular formula is C20H23N3O6S. The molecule has 0 spiro atoms. The van der Waals surface area contributed by atoms with E-state index in [1.807, 2.05) is 0 Å². The Morgan fingerprint density at radius 2 is 1.83 bits per heavy atom. The van der Waals surface area contributed by atoms with Crippen LogP contribution >= 0.6 is 0 Å². The number of carbonyl (C=O) groups excluding carboxylic acids is 1. The van der Waals surface area contributed by atoms with Gasteiger partial charge in [0, 0.05) is 25.2 Å². The molecule has 0 unspecified atom stereocenters. The van der Waals surface area contributed by atoms with E-state index in [1.54, 1.807) is 6.92 Å². The van der Waals surface area contributed by atoms with Gasteiger partial charge in [-0.05, 0) is 43.5 Å². The van der Waals surface area contributed by atoms with Gasteiger partial charge >= 0.3 is 0 Å². The molecule has 1 saturated heterocycles. The number of hydrogen-bond acceptors (Lipinski definition) is 6. The molecule has 0 bridgehead atoms. The highest BCUT2D eigenvalue weighted by Crippen LogP contribution is 2.28. The number of nitrogens with zero attached hydrogens (tertiary/aromatic N) is 2. The second kappa shape index (κ2) is 8.80. The average molecular weight is 433 g/mol. The highest BCUT2D eigenvalue weighted by molar-refractivity contribution is 7.89. The van der Waals surface area contributed by atoms with Gasteiger partial charge in [-0.2, -0.15) is 4.31 Å². The van der Waals surface area contributed by atoms with Crippen LogP contribution in [0.2, 0.25) is 0 Å². The van der Waals surface area contributed by atoms with Crippen molar-refractivity contribution in [1.29, 1.82) is 0 Å². The Hall–Kier alpha value is -2.98. The van der Waals surface area contributed by atoms with E-state index in [0.717, 1.165) is 19.3 Å². The van der Waals surface area contributed by atoms with Crippen LogP contribution < -0.4 is 10.1 Å². The van der Waals surface area contributed by atoms with E-state index in [-0.39, 0.29) is 27.6 Å². The molecule has 9 nitrogen and oxygen atoms in total. The lowest BCUT2D eigenvalue weighted by atomic mass is 10.1. The van der Waals surface area contributed by atoms with Crippen molar-refractivity contribution in [2.45, 2.75) is 31.1 Å². The van der Waals surface area contributed by atoms with Crippen LogP contribution in [0.5, 0.6) is 5.75 Å². The first-order chi connectivity index (χ1) is 14.2. The molecule has 1 amide bonds. The summed E-state index contributed by atoms with van der Waals surface area (Å²) < 4.78 is 32.6. The predicted molar refractivity (Wildman–Crippen MR) is 111 cm³/mol. The van der Waals surface area contributed by atoms with Crippen molar-refractivity contribution in [3.05, 3.63) is 57.6 Å². The van der Waals surface area contributed by atoms with E-state index in [1.165, 1.54) is 47.8 Å². The number of rotatable bonds is 6. The summed E-state index contributed by atoms with van der Waals surface area (Å²) >= 11 is 0. The third-order valence-corrected chi connectivity index (χ3v) is 6.94. The van der Waals surface area contributed by atoms with Crippen molar-refractivity contribution in [2.24, 2.45) is 0 Å². The number of methoxy groups -OCH3 is 1. The number of ether oxygens (including phenoxy) is 1. The van der Waals surface area contributed by atoms with Crippen LogP contribution in [0.25, 0.3) is 0 Å². The number of benzene rings is 2. The van der Waals surface area contributed by atoms with Gasteiger partial charge in [-0.25, -0.2) is 8.42 Å². The Bertz CT molecular complexity index is 1080. The summed E-state index contributed by atoms with van der Waals surface area (Å²) in [6, 6.07) is 8.27. The number of nitro groups is 1. The number of aryl methyl sites for hydroxylation is 1. The zero-order chi connectivity index (χ0) is 21.9. The molecule has 0 aromatic heterocycles. The number of hydrogen-bond donors (Lipinski definition) is 1. The molecule has 2 aromatic rings. The molecule has 1 N–H and O–H groups in total. The van der Waals surface area contributed by atoms with Crippen molar-refractivity contribution < 1.29 is 22.9 Å². The van der Waals surface area contributed by atoms with E-state index in [0.29, 0.717) is 18.7 Å². The average Bonchev–Trinajstić information content (AvgIpc) is 2.75. The minimum absolute atomic E-state index is 0.00566. The van der Waals surface area contributed by atoms with Gasteiger partial charge in [-0.15, -0.1) is 0 Å². The van der Waals surface area contributed by atoms with Crippen LogP contribution in [0.3, 0.4) is 0 Å². The molecule has 0 saturated carbocycles. The second-order valence-electron chi connectivity index (χ2n) is 7.04. The number of sulfonamides is 1. The predicted octanol–water partition coefficient (Wildman–Crippen LogP) is 3.34. The van der Waals surface area contributed by atoms with Crippen LogP contribution in [0.4, 0.5) is 11.4 Å². The smallest absolute Gasteiger partial charge is 0.271 e. The van der Waals surface area contributed by atoms with Crippen molar-refractivity contribution in [1.82, 2.24) is 4.31 Å². The van der Waals surface area contributed by atoms with Crippen molar-refractivity contribution in [3.63, 3.8) is 0 Å². The van der Waals surface area contributed by atoms with E-state index in [2.05, 4.69) is 5.32 Å². The summed E-state index contributed by atoms with van der Waals surface area (Å²) in [5.41, 5.74) is 0.760. The highest BCUT2D eigenvalue weighted by atomic mass is 32.2. The fraction of sp³-hybridized carbons (Fsp3) is 0.350. The van der Waals surface area contributed by atoms with E-state index in [4.69, 9.17) is 4.74 Å². The number of nitro benzene ring substituents is 1. The zero-order valence-electron chi connectivity index (χ0n) is 16.8. The van der Waals surface area contributed by atoms with E-state index in [9.17, 15) is 23.3 Å². The van der Waals surface area contributed by atoms with Crippen molar-refractivity contribution >= 4 is 27.3 Å². The molecule has 1 aliphatic rings. The molecule has 0 atom stereocenters. The SMILES string of the molecule is COc1ccc(S(=O)(=O)N2CCCCC2)cc1C(=O)Nc1cc([N+](=O)[O-])ccc1C. The maximum absolute atomic E-state index is 13.0. The first-order valence-electron chi connectivity index (χ1n) is 9.48. The molecular weight excluding hydrogens is 410 g/mol. The number of non-ortho nitro benzene ring substituents is 1. The van der Waals surface area contributed by atoms with Gasteiger partial charge in [0.15, 0.2) is 0 Å². The summed E-state index contributed by atoms with van der Waals surface area (Å²) in [6.45, 7) is 2.60. The fourth-order valence-corrected chi connectivity index (χ4v) is 4.87. The van der Waals surface area contributed by atoms with Gasteiger partial charge in [0.1, 0.15) is 5.75 Å². The first-order valence-corrected chi connectivity index (χ1v) is 10.9. The summed E-state index contributed by atoms with van der Waals surface area (Å²) in [4.78, 5) is 23.4. The molecule has 3 rings (SSSR count). The summed E-state index contributed by atoms with van der Waals surface area (Å²) in [6.07, 6.45) is 2.59. The lowest BCUT2D eigenvalue weighted by Crippen LogP contribution is -2.35.